The van der Waals surface area contributed by atoms with Crippen LogP contribution in [0.3, 0.4) is 0 Å². The molecule has 1 fully saturated rings. The normalized spacial score (nSPS) is 28.6. The second-order valence-electron chi connectivity index (χ2n) is 3.27. The number of ether oxygens (including phenoxy) is 2. The van der Waals surface area contributed by atoms with Gasteiger partial charge in [-0.25, -0.2) is 0 Å². The molecule has 1 heterocycles. The van der Waals surface area contributed by atoms with Gasteiger partial charge in [0.15, 0.2) is 6.29 Å². The average molecular weight is 200 g/mol. The molecule has 0 aromatic heterocycles. The third-order valence-electron chi connectivity index (χ3n) is 2.27. The molecule has 0 radical (unpaired) electrons. The summed E-state index contributed by atoms with van der Waals surface area (Å²) >= 11 is 0. The summed E-state index contributed by atoms with van der Waals surface area (Å²) in [7, 11) is 0. The first-order chi connectivity index (χ1) is 6.69. The van der Waals surface area contributed by atoms with Gasteiger partial charge in [-0.05, 0) is 6.92 Å². The number of aliphatic hydroxyl groups excluding tert-OH is 1. The summed E-state index contributed by atoms with van der Waals surface area (Å²) in [5.74, 6) is -0.541. The zero-order valence-electron chi connectivity index (χ0n) is 8.31. The highest BCUT2D eigenvalue weighted by atomic mass is 16.6. The van der Waals surface area contributed by atoms with Crippen LogP contribution >= 0.6 is 0 Å². The maximum atomic E-state index is 11.0. The number of cyclic esters (lactones) is 1. The Hall–Kier alpha value is -0.870. The lowest BCUT2D eigenvalue weighted by atomic mass is 9.98. The van der Waals surface area contributed by atoms with Crippen molar-refractivity contribution in [1.82, 2.24) is 0 Å². The van der Waals surface area contributed by atoms with E-state index < -0.39 is 6.29 Å². The van der Waals surface area contributed by atoms with Crippen LogP contribution in [0.2, 0.25) is 0 Å². The van der Waals surface area contributed by atoms with Gasteiger partial charge in [0.1, 0.15) is 6.10 Å². The molecule has 0 bridgehead atoms. The first-order valence-electron chi connectivity index (χ1n) is 4.79. The molecule has 4 nitrogen and oxygen atoms in total. The van der Waals surface area contributed by atoms with Gasteiger partial charge in [-0.3, -0.25) is 4.79 Å². The monoisotopic (exact) mass is 200 g/mol. The SMILES string of the molecule is C=CCC1OC(=O)CC1C(O)OCC. The minimum Gasteiger partial charge on any atom is -0.462 e. The molecule has 0 aromatic rings. The van der Waals surface area contributed by atoms with Gasteiger partial charge in [0, 0.05) is 13.0 Å². The zero-order valence-corrected chi connectivity index (χ0v) is 8.31. The number of carbonyl (C=O) groups is 1. The molecule has 0 spiro atoms. The Labute approximate surface area is 83.5 Å². The summed E-state index contributed by atoms with van der Waals surface area (Å²) in [6, 6.07) is 0. The van der Waals surface area contributed by atoms with Crippen LogP contribution in [-0.4, -0.2) is 30.1 Å². The highest BCUT2D eigenvalue weighted by Crippen LogP contribution is 2.28. The summed E-state index contributed by atoms with van der Waals surface area (Å²) in [5.41, 5.74) is 0. The maximum absolute atomic E-state index is 11.0. The van der Waals surface area contributed by atoms with Crippen LogP contribution in [0.25, 0.3) is 0 Å². The largest absolute Gasteiger partial charge is 0.462 e. The maximum Gasteiger partial charge on any atom is 0.306 e. The molecule has 80 valence electrons. The lowest BCUT2D eigenvalue weighted by Gasteiger charge is -2.21. The van der Waals surface area contributed by atoms with Crippen molar-refractivity contribution in [2.45, 2.75) is 32.2 Å². The van der Waals surface area contributed by atoms with Gasteiger partial charge in [0.2, 0.25) is 0 Å². The molecule has 3 unspecified atom stereocenters. The molecule has 3 atom stereocenters. The van der Waals surface area contributed by atoms with E-state index in [9.17, 15) is 9.90 Å². The standard InChI is InChI=1S/C10H16O4/c1-3-5-8-7(6-9(11)14-8)10(12)13-4-2/h3,7-8,10,12H,1,4-6H2,2H3. The van der Waals surface area contributed by atoms with Crippen molar-refractivity contribution in [3.05, 3.63) is 12.7 Å². The molecule has 14 heavy (non-hydrogen) atoms. The number of carbonyl (C=O) groups excluding carboxylic acids is 1. The highest BCUT2D eigenvalue weighted by molar-refractivity contribution is 5.72. The number of hydrogen-bond acceptors (Lipinski definition) is 4. The fraction of sp³-hybridized carbons (Fsp3) is 0.700. The lowest BCUT2D eigenvalue weighted by Crippen LogP contribution is -2.30. The Balaban J connectivity index is 2.55. The van der Waals surface area contributed by atoms with Gasteiger partial charge in [-0.2, -0.15) is 0 Å². The topological polar surface area (TPSA) is 55.8 Å². The number of esters is 1. The predicted molar refractivity (Wildman–Crippen MR) is 50.4 cm³/mol. The second-order valence-corrected chi connectivity index (χ2v) is 3.27. The van der Waals surface area contributed by atoms with Crippen LogP contribution in [-0.2, 0) is 14.3 Å². The van der Waals surface area contributed by atoms with Crippen LogP contribution in [0.15, 0.2) is 12.7 Å². The smallest absolute Gasteiger partial charge is 0.306 e. The van der Waals surface area contributed by atoms with Gasteiger partial charge < -0.3 is 14.6 Å². The molecule has 0 aromatic carbocycles. The van der Waals surface area contributed by atoms with Crippen molar-refractivity contribution < 1.29 is 19.4 Å². The van der Waals surface area contributed by atoms with E-state index in [-0.39, 0.29) is 24.4 Å². The number of rotatable bonds is 5. The summed E-state index contributed by atoms with van der Waals surface area (Å²) in [6.45, 7) is 5.79. The van der Waals surface area contributed by atoms with Crippen molar-refractivity contribution in [2.75, 3.05) is 6.61 Å². The quantitative estimate of drug-likeness (QED) is 0.406. The second kappa shape index (κ2) is 5.12. The van der Waals surface area contributed by atoms with E-state index in [0.717, 1.165) is 0 Å². The molecule has 1 rings (SSSR count). The van der Waals surface area contributed by atoms with Crippen LogP contribution in [0, 0.1) is 5.92 Å². The Morgan fingerprint density at radius 1 is 1.86 bits per heavy atom. The van der Waals surface area contributed by atoms with Gasteiger partial charge in [-0.15, -0.1) is 6.58 Å². The Morgan fingerprint density at radius 2 is 2.57 bits per heavy atom. The van der Waals surface area contributed by atoms with E-state index in [2.05, 4.69) is 6.58 Å². The van der Waals surface area contributed by atoms with E-state index in [1.807, 2.05) is 0 Å². The number of aliphatic hydroxyl groups is 1. The zero-order chi connectivity index (χ0) is 10.6. The Kier molecular flexibility index (Phi) is 4.10. The third-order valence-corrected chi connectivity index (χ3v) is 2.27. The molecule has 0 saturated carbocycles. The van der Waals surface area contributed by atoms with E-state index in [1.54, 1.807) is 13.0 Å². The van der Waals surface area contributed by atoms with E-state index in [1.165, 1.54) is 0 Å². The van der Waals surface area contributed by atoms with E-state index >= 15 is 0 Å². The summed E-state index contributed by atoms with van der Waals surface area (Å²) < 4.78 is 10.1. The summed E-state index contributed by atoms with van der Waals surface area (Å²) in [5, 5.41) is 9.58. The predicted octanol–water partition coefficient (Wildman–Crippen LogP) is 0.849. The molecule has 1 aliphatic rings. The van der Waals surface area contributed by atoms with Crippen molar-refractivity contribution in [2.24, 2.45) is 5.92 Å². The Bertz CT molecular complexity index is 214. The van der Waals surface area contributed by atoms with Gasteiger partial charge >= 0.3 is 5.97 Å². The van der Waals surface area contributed by atoms with Crippen molar-refractivity contribution >= 4 is 5.97 Å². The highest BCUT2D eigenvalue weighted by Gasteiger charge is 2.39. The fourth-order valence-corrected chi connectivity index (χ4v) is 1.59. The third kappa shape index (κ3) is 2.56. The summed E-state index contributed by atoms with van der Waals surface area (Å²) in [4.78, 5) is 11.0. The molecular formula is C10H16O4. The van der Waals surface area contributed by atoms with Gasteiger partial charge in [0.05, 0.1) is 12.3 Å². The molecular weight excluding hydrogens is 184 g/mol. The molecule has 1 N–H and O–H groups in total. The fourth-order valence-electron chi connectivity index (χ4n) is 1.59. The minimum atomic E-state index is -0.920. The average Bonchev–Trinajstić information content (AvgIpc) is 2.48. The van der Waals surface area contributed by atoms with Crippen molar-refractivity contribution in [3.8, 4) is 0 Å². The van der Waals surface area contributed by atoms with Crippen molar-refractivity contribution in [1.29, 1.82) is 0 Å². The minimum absolute atomic E-state index is 0.222. The number of hydrogen-bond donors (Lipinski definition) is 1. The van der Waals surface area contributed by atoms with Gasteiger partial charge in [0.25, 0.3) is 0 Å². The molecule has 1 aliphatic heterocycles. The van der Waals surface area contributed by atoms with Gasteiger partial charge in [-0.1, -0.05) is 6.08 Å². The first kappa shape index (κ1) is 11.2. The molecule has 0 aliphatic carbocycles. The van der Waals surface area contributed by atoms with Crippen molar-refractivity contribution in [3.63, 3.8) is 0 Å². The summed E-state index contributed by atoms with van der Waals surface area (Å²) in [6.07, 6.45) is 1.24. The van der Waals surface area contributed by atoms with Crippen LogP contribution < -0.4 is 0 Å². The molecule has 4 heteroatoms. The lowest BCUT2D eigenvalue weighted by molar-refractivity contribution is -0.147. The van der Waals surface area contributed by atoms with Crippen LogP contribution in [0.1, 0.15) is 19.8 Å². The molecule has 0 amide bonds. The first-order valence-corrected chi connectivity index (χ1v) is 4.79. The Morgan fingerprint density at radius 3 is 3.14 bits per heavy atom. The van der Waals surface area contributed by atoms with Crippen LogP contribution in [0.4, 0.5) is 0 Å². The molecule has 1 saturated heterocycles. The van der Waals surface area contributed by atoms with E-state index in [0.29, 0.717) is 13.0 Å². The van der Waals surface area contributed by atoms with Crippen LogP contribution in [0.5, 0.6) is 0 Å². The van der Waals surface area contributed by atoms with E-state index in [4.69, 9.17) is 9.47 Å².